The Morgan fingerprint density at radius 3 is 2.55 bits per heavy atom. The molecular weight excluding hydrogens is 447 g/mol. The minimum Gasteiger partial charge on any atom is -0.326 e. The summed E-state index contributed by atoms with van der Waals surface area (Å²) in [5.41, 5.74) is 7.61. The maximum absolute atomic E-state index is 14.9. The Morgan fingerprint density at radius 1 is 1.09 bits per heavy atom. The third-order valence-corrected chi connectivity index (χ3v) is 6.08. The molecule has 0 saturated heterocycles. The number of amides is 1. The molecular formula is C22H19FN6O3S. The number of sulfone groups is 1. The lowest BCUT2D eigenvalue weighted by molar-refractivity contribution is 0.101. The van der Waals surface area contributed by atoms with E-state index in [1.54, 1.807) is 42.5 Å². The second-order valence-electron chi connectivity index (χ2n) is 7.16. The van der Waals surface area contributed by atoms with Gasteiger partial charge in [-0.15, -0.1) is 5.10 Å². The maximum Gasteiger partial charge on any atom is 0.295 e. The molecule has 4 aromatic rings. The van der Waals surface area contributed by atoms with E-state index in [2.05, 4.69) is 20.8 Å². The normalized spacial score (nSPS) is 11.4. The number of nitrogens with zero attached hydrogens (tertiary/aromatic N) is 4. The summed E-state index contributed by atoms with van der Waals surface area (Å²) < 4.78 is 40.2. The molecule has 0 fully saturated rings. The third-order valence-electron chi connectivity index (χ3n) is 4.93. The van der Waals surface area contributed by atoms with Gasteiger partial charge in [0.15, 0.2) is 9.84 Å². The van der Waals surface area contributed by atoms with Crippen molar-refractivity contribution in [2.45, 2.75) is 11.4 Å². The van der Waals surface area contributed by atoms with Crippen molar-refractivity contribution in [1.29, 1.82) is 0 Å². The predicted molar refractivity (Wildman–Crippen MR) is 120 cm³/mol. The van der Waals surface area contributed by atoms with Gasteiger partial charge in [0.25, 0.3) is 5.91 Å². The number of rotatable bonds is 6. The van der Waals surface area contributed by atoms with Crippen molar-refractivity contribution in [3.63, 3.8) is 0 Å². The molecule has 0 saturated carbocycles. The van der Waals surface area contributed by atoms with E-state index in [-0.39, 0.29) is 23.0 Å². The number of nitrogens with two attached hydrogens (primary N) is 1. The molecule has 11 heteroatoms. The first-order valence-corrected chi connectivity index (χ1v) is 11.7. The Balaban J connectivity index is 1.64. The summed E-state index contributed by atoms with van der Waals surface area (Å²) in [6.07, 6.45) is 1.09. The van der Waals surface area contributed by atoms with Crippen LogP contribution in [0, 0.1) is 5.82 Å². The minimum absolute atomic E-state index is 0.0823. The van der Waals surface area contributed by atoms with Crippen LogP contribution in [0.5, 0.6) is 0 Å². The lowest BCUT2D eigenvalue weighted by Gasteiger charge is -2.11. The molecule has 33 heavy (non-hydrogen) atoms. The zero-order valence-electron chi connectivity index (χ0n) is 17.4. The van der Waals surface area contributed by atoms with Crippen LogP contribution in [0.4, 0.5) is 10.1 Å². The summed E-state index contributed by atoms with van der Waals surface area (Å²) in [6, 6.07) is 17.4. The fourth-order valence-corrected chi connectivity index (χ4v) is 4.28. The Hall–Kier alpha value is -3.96. The van der Waals surface area contributed by atoms with Gasteiger partial charge in [0.1, 0.15) is 5.82 Å². The summed E-state index contributed by atoms with van der Waals surface area (Å²) in [6.45, 7) is 0.210. The smallest absolute Gasteiger partial charge is 0.295 e. The first kappa shape index (κ1) is 22.2. The molecule has 1 aromatic heterocycles. The number of nitrogens with one attached hydrogen (secondary N) is 1. The van der Waals surface area contributed by atoms with Gasteiger partial charge in [-0.3, -0.25) is 4.79 Å². The number of para-hydroxylation sites is 1. The molecule has 0 aliphatic heterocycles. The SMILES string of the molecule is CS(=O)(=O)c1ccccc1-c1ccc(NC(=O)c2nnnn2-c2ccccc2CN)c(F)c1. The fraction of sp³-hybridized carbons (Fsp3) is 0.0909. The van der Waals surface area contributed by atoms with Crippen LogP contribution >= 0.6 is 0 Å². The van der Waals surface area contributed by atoms with E-state index in [0.29, 0.717) is 16.8 Å². The molecule has 3 N–H and O–H groups in total. The number of halogens is 1. The van der Waals surface area contributed by atoms with Gasteiger partial charge in [-0.2, -0.15) is 4.68 Å². The van der Waals surface area contributed by atoms with Gasteiger partial charge in [-0.1, -0.05) is 42.5 Å². The Kier molecular flexibility index (Phi) is 5.99. The van der Waals surface area contributed by atoms with Crippen LogP contribution in [0.25, 0.3) is 16.8 Å². The Morgan fingerprint density at radius 2 is 1.82 bits per heavy atom. The number of tetrazole rings is 1. The first-order chi connectivity index (χ1) is 15.8. The first-order valence-electron chi connectivity index (χ1n) is 9.76. The molecule has 0 unspecified atom stereocenters. The molecule has 0 aliphatic rings. The van der Waals surface area contributed by atoms with Gasteiger partial charge in [0.05, 0.1) is 16.3 Å². The van der Waals surface area contributed by atoms with Crippen LogP contribution in [-0.2, 0) is 16.4 Å². The Bertz CT molecular complexity index is 1450. The van der Waals surface area contributed by atoms with Gasteiger partial charge in [-0.25, -0.2) is 12.8 Å². The van der Waals surface area contributed by atoms with Gasteiger partial charge >= 0.3 is 0 Å². The highest BCUT2D eigenvalue weighted by Gasteiger charge is 2.21. The number of carbonyl (C=O) groups is 1. The van der Waals surface area contributed by atoms with Crippen LogP contribution in [0.2, 0.25) is 0 Å². The molecule has 0 atom stereocenters. The second kappa shape index (κ2) is 8.88. The second-order valence-corrected chi connectivity index (χ2v) is 9.15. The van der Waals surface area contributed by atoms with Crippen molar-refractivity contribution in [3.05, 3.63) is 83.9 Å². The molecule has 1 amide bonds. The average Bonchev–Trinajstić information content (AvgIpc) is 3.29. The van der Waals surface area contributed by atoms with E-state index in [1.165, 1.54) is 22.9 Å². The van der Waals surface area contributed by atoms with E-state index in [0.717, 1.165) is 17.9 Å². The molecule has 4 rings (SSSR count). The van der Waals surface area contributed by atoms with Crippen LogP contribution in [0.1, 0.15) is 16.2 Å². The van der Waals surface area contributed by atoms with Crippen LogP contribution in [-0.4, -0.2) is 40.8 Å². The van der Waals surface area contributed by atoms with Crippen molar-refractivity contribution < 1.29 is 17.6 Å². The number of hydrogen-bond donors (Lipinski definition) is 2. The predicted octanol–water partition coefficient (Wildman–Crippen LogP) is 2.58. The van der Waals surface area contributed by atoms with E-state index >= 15 is 0 Å². The molecule has 9 nitrogen and oxygen atoms in total. The van der Waals surface area contributed by atoms with Crippen molar-refractivity contribution in [3.8, 4) is 16.8 Å². The van der Waals surface area contributed by atoms with Crippen LogP contribution in [0.15, 0.2) is 71.6 Å². The zero-order chi connectivity index (χ0) is 23.6. The summed E-state index contributed by atoms with van der Waals surface area (Å²) in [5, 5.41) is 13.6. The Labute approximate surface area is 189 Å². The molecule has 3 aromatic carbocycles. The largest absolute Gasteiger partial charge is 0.326 e. The van der Waals surface area contributed by atoms with Crippen molar-refractivity contribution >= 4 is 21.4 Å². The van der Waals surface area contributed by atoms with Crippen molar-refractivity contribution in [2.75, 3.05) is 11.6 Å². The standard InChI is InChI=1S/C22H19FN6O3S/c1-33(31,32)20-9-5-3-7-16(20)14-10-11-18(17(23)12-14)25-22(30)21-26-27-28-29(21)19-8-4-2-6-15(19)13-24/h2-12H,13,24H2,1H3,(H,25,30). The van der Waals surface area contributed by atoms with Gasteiger partial charge in [-0.05, 0) is 45.8 Å². The van der Waals surface area contributed by atoms with E-state index < -0.39 is 21.6 Å². The van der Waals surface area contributed by atoms with Crippen LogP contribution < -0.4 is 11.1 Å². The zero-order valence-corrected chi connectivity index (χ0v) is 18.3. The lowest BCUT2D eigenvalue weighted by atomic mass is 10.0. The quantitative estimate of drug-likeness (QED) is 0.446. The van der Waals surface area contributed by atoms with Gasteiger partial charge in [0, 0.05) is 18.4 Å². The number of hydrogen-bond acceptors (Lipinski definition) is 7. The van der Waals surface area contributed by atoms with Crippen molar-refractivity contribution in [2.24, 2.45) is 5.73 Å². The molecule has 1 heterocycles. The summed E-state index contributed by atoms with van der Waals surface area (Å²) >= 11 is 0. The monoisotopic (exact) mass is 466 g/mol. The number of anilines is 1. The van der Waals surface area contributed by atoms with E-state index in [9.17, 15) is 17.6 Å². The third kappa shape index (κ3) is 4.49. The van der Waals surface area contributed by atoms with E-state index in [1.807, 2.05) is 0 Å². The highest BCUT2D eigenvalue weighted by atomic mass is 32.2. The summed E-state index contributed by atoms with van der Waals surface area (Å²) in [5.74, 6) is -1.62. The number of benzene rings is 3. The van der Waals surface area contributed by atoms with Crippen molar-refractivity contribution in [1.82, 2.24) is 20.2 Å². The summed E-state index contributed by atoms with van der Waals surface area (Å²) in [4.78, 5) is 12.9. The highest BCUT2D eigenvalue weighted by molar-refractivity contribution is 7.90. The topological polar surface area (TPSA) is 133 Å². The maximum atomic E-state index is 14.9. The molecule has 0 radical (unpaired) electrons. The number of aromatic nitrogens is 4. The minimum atomic E-state index is -3.52. The van der Waals surface area contributed by atoms with Crippen LogP contribution in [0.3, 0.4) is 0 Å². The number of carbonyl (C=O) groups excluding carboxylic acids is 1. The lowest BCUT2D eigenvalue weighted by Crippen LogP contribution is -2.20. The van der Waals surface area contributed by atoms with E-state index in [4.69, 9.17) is 5.73 Å². The fourth-order valence-electron chi connectivity index (χ4n) is 3.37. The molecule has 0 aliphatic carbocycles. The van der Waals surface area contributed by atoms with Gasteiger partial charge < -0.3 is 11.1 Å². The highest BCUT2D eigenvalue weighted by Crippen LogP contribution is 2.30. The molecule has 168 valence electrons. The molecule has 0 bridgehead atoms. The van der Waals surface area contributed by atoms with Gasteiger partial charge in [0.2, 0.25) is 5.82 Å². The summed E-state index contributed by atoms with van der Waals surface area (Å²) in [7, 11) is -3.52. The molecule has 0 spiro atoms. The average molecular weight is 466 g/mol.